The molecule has 0 bridgehead atoms. The number of aryl methyl sites for hydroxylation is 1. The van der Waals surface area contributed by atoms with E-state index in [4.69, 9.17) is 12.2 Å². The molecule has 31 heavy (non-hydrogen) atoms. The number of thiocarbonyl (C=S) groups is 1. The molecule has 3 aromatic carbocycles. The minimum atomic E-state index is -0.142. The average Bonchev–Trinajstić information content (AvgIpc) is 2.81. The summed E-state index contributed by atoms with van der Waals surface area (Å²) < 4.78 is 0. The fraction of sp³-hybridized carbons (Fsp3) is 0.231. The van der Waals surface area contributed by atoms with Crippen LogP contribution in [-0.2, 0) is 0 Å². The maximum Gasteiger partial charge on any atom is 0.257 e. The van der Waals surface area contributed by atoms with E-state index in [0.717, 1.165) is 31.7 Å². The standard InChI is InChI=1S/C26H27N3OS/c1-20-10-8-9-15-23(20)25(30)27-26(31)29-18-16-28(17-19-29)24(21-11-4-2-5-12-21)22-13-6-3-7-14-22/h2-15,24H,16-19H2,1H3,(H,27,30,31). The van der Waals surface area contributed by atoms with Crippen molar-refractivity contribution in [3.63, 3.8) is 0 Å². The van der Waals surface area contributed by atoms with Gasteiger partial charge in [0.15, 0.2) is 5.11 Å². The quantitative estimate of drug-likeness (QED) is 0.623. The first-order valence-corrected chi connectivity index (χ1v) is 11.0. The molecule has 1 amide bonds. The topological polar surface area (TPSA) is 35.6 Å². The Morgan fingerprint density at radius 2 is 1.32 bits per heavy atom. The van der Waals surface area contributed by atoms with Gasteiger partial charge in [-0.15, -0.1) is 0 Å². The van der Waals surface area contributed by atoms with Crippen molar-refractivity contribution in [3.05, 3.63) is 107 Å². The molecule has 1 aliphatic rings. The summed E-state index contributed by atoms with van der Waals surface area (Å²) in [6.45, 7) is 5.24. The van der Waals surface area contributed by atoms with E-state index >= 15 is 0 Å². The Bertz CT molecular complexity index is 991. The summed E-state index contributed by atoms with van der Waals surface area (Å²) in [5.41, 5.74) is 4.19. The van der Waals surface area contributed by atoms with E-state index in [9.17, 15) is 4.79 Å². The van der Waals surface area contributed by atoms with E-state index in [1.807, 2.05) is 31.2 Å². The lowest BCUT2D eigenvalue weighted by Crippen LogP contribution is -2.53. The largest absolute Gasteiger partial charge is 0.346 e. The molecule has 4 rings (SSSR count). The Balaban J connectivity index is 1.42. The lowest BCUT2D eigenvalue weighted by molar-refractivity contribution is 0.0966. The van der Waals surface area contributed by atoms with Crippen molar-refractivity contribution < 1.29 is 4.79 Å². The molecule has 158 valence electrons. The van der Waals surface area contributed by atoms with Crippen LogP contribution in [0.5, 0.6) is 0 Å². The molecule has 3 aromatic rings. The van der Waals surface area contributed by atoms with Crippen molar-refractivity contribution in [2.24, 2.45) is 0 Å². The van der Waals surface area contributed by atoms with Gasteiger partial charge in [-0.05, 0) is 41.9 Å². The van der Waals surface area contributed by atoms with Gasteiger partial charge in [-0.2, -0.15) is 0 Å². The highest BCUT2D eigenvalue weighted by Gasteiger charge is 2.27. The van der Waals surface area contributed by atoms with Gasteiger partial charge in [-0.1, -0.05) is 78.9 Å². The minimum absolute atomic E-state index is 0.142. The molecule has 0 spiro atoms. The van der Waals surface area contributed by atoms with E-state index in [1.165, 1.54) is 11.1 Å². The third kappa shape index (κ3) is 5.01. The second kappa shape index (κ2) is 9.86. The Morgan fingerprint density at radius 1 is 0.806 bits per heavy atom. The second-order valence-electron chi connectivity index (χ2n) is 7.82. The Kier molecular flexibility index (Phi) is 6.75. The molecule has 0 aromatic heterocycles. The van der Waals surface area contributed by atoms with Crippen LogP contribution in [0.15, 0.2) is 84.9 Å². The molecule has 1 saturated heterocycles. The molecule has 0 saturated carbocycles. The van der Waals surface area contributed by atoms with Crippen molar-refractivity contribution in [3.8, 4) is 0 Å². The zero-order chi connectivity index (χ0) is 21.6. The van der Waals surface area contributed by atoms with Gasteiger partial charge >= 0.3 is 0 Å². The van der Waals surface area contributed by atoms with Crippen molar-refractivity contribution in [2.45, 2.75) is 13.0 Å². The van der Waals surface area contributed by atoms with Crippen LogP contribution in [0.4, 0.5) is 0 Å². The molecule has 0 unspecified atom stereocenters. The Morgan fingerprint density at radius 3 is 1.87 bits per heavy atom. The highest BCUT2D eigenvalue weighted by atomic mass is 32.1. The van der Waals surface area contributed by atoms with Crippen LogP contribution < -0.4 is 5.32 Å². The van der Waals surface area contributed by atoms with Gasteiger partial charge in [0, 0.05) is 31.7 Å². The van der Waals surface area contributed by atoms with Crippen LogP contribution in [-0.4, -0.2) is 47.0 Å². The summed E-state index contributed by atoms with van der Waals surface area (Å²) in [6, 6.07) is 29.0. The van der Waals surface area contributed by atoms with Crippen molar-refractivity contribution in [1.82, 2.24) is 15.1 Å². The molecule has 1 heterocycles. The minimum Gasteiger partial charge on any atom is -0.346 e. The summed E-state index contributed by atoms with van der Waals surface area (Å²) in [4.78, 5) is 17.2. The van der Waals surface area contributed by atoms with Crippen molar-refractivity contribution in [2.75, 3.05) is 26.2 Å². The first kappa shape index (κ1) is 21.2. The number of benzene rings is 3. The van der Waals surface area contributed by atoms with Gasteiger partial charge in [0.1, 0.15) is 0 Å². The highest BCUT2D eigenvalue weighted by molar-refractivity contribution is 7.80. The van der Waals surface area contributed by atoms with Gasteiger partial charge in [0.2, 0.25) is 0 Å². The van der Waals surface area contributed by atoms with Crippen LogP contribution in [0.2, 0.25) is 0 Å². The van der Waals surface area contributed by atoms with Crippen LogP contribution in [0.25, 0.3) is 0 Å². The predicted molar refractivity (Wildman–Crippen MR) is 129 cm³/mol. The number of nitrogens with zero attached hydrogens (tertiary/aromatic N) is 2. The number of carbonyl (C=O) groups is 1. The summed E-state index contributed by atoms with van der Waals surface area (Å²) in [6.07, 6.45) is 0. The average molecular weight is 430 g/mol. The maximum absolute atomic E-state index is 12.6. The third-order valence-electron chi connectivity index (χ3n) is 5.81. The smallest absolute Gasteiger partial charge is 0.257 e. The number of nitrogens with one attached hydrogen (secondary N) is 1. The van der Waals surface area contributed by atoms with Crippen LogP contribution in [0, 0.1) is 6.92 Å². The molecule has 0 aliphatic carbocycles. The summed E-state index contributed by atoms with van der Waals surface area (Å²) in [7, 11) is 0. The maximum atomic E-state index is 12.6. The van der Waals surface area contributed by atoms with E-state index in [1.54, 1.807) is 0 Å². The van der Waals surface area contributed by atoms with Crippen LogP contribution in [0.3, 0.4) is 0 Å². The molecule has 1 N–H and O–H groups in total. The highest BCUT2D eigenvalue weighted by Crippen LogP contribution is 2.29. The SMILES string of the molecule is Cc1ccccc1C(=O)NC(=S)N1CCN(C(c2ccccc2)c2ccccc2)CC1. The molecule has 5 heteroatoms. The third-order valence-corrected chi connectivity index (χ3v) is 6.17. The predicted octanol–water partition coefficient (Wildman–Crippen LogP) is 4.42. The lowest BCUT2D eigenvalue weighted by Gasteiger charge is -2.40. The van der Waals surface area contributed by atoms with Crippen LogP contribution >= 0.6 is 12.2 Å². The molecule has 1 fully saturated rings. The summed E-state index contributed by atoms with van der Waals surface area (Å²) in [5, 5.41) is 3.42. The Labute approximate surface area is 189 Å². The fourth-order valence-corrected chi connectivity index (χ4v) is 4.41. The molecular weight excluding hydrogens is 402 g/mol. The second-order valence-corrected chi connectivity index (χ2v) is 8.21. The van der Waals surface area contributed by atoms with E-state index in [-0.39, 0.29) is 11.9 Å². The van der Waals surface area contributed by atoms with E-state index < -0.39 is 0 Å². The zero-order valence-electron chi connectivity index (χ0n) is 17.7. The number of carbonyl (C=O) groups excluding carboxylic acids is 1. The number of amides is 1. The van der Waals surface area contributed by atoms with E-state index in [0.29, 0.717) is 10.7 Å². The van der Waals surface area contributed by atoms with Gasteiger partial charge < -0.3 is 4.90 Å². The molecule has 0 atom stereocenters. The van der Waals surface area contributed by atoms with Gasteiger partial charge in [0.05, 0.1) is 6.04 Å². The van der Waals surface area contributed by atoms with Gasteiger partial charge in [-0.25, -0.2) is 0 Å². The number of hydrogen-bond donors (Lipinski definition) is 1. The molecular formula is C26H27N3OS. The first-order chi connectivity index (χ1) is 15.1. The normalized spacial score (nSPS) is 14.5. The number of hydrogen-bond acceptors (Lipinski definition) is 3. The summed E-state index contributed by atoms with van der Waals surface area (Å²) >= 11 is 5.56. The van der Waals surface area contributed by atoms with Crippen molar-refractivity contribution in [1.29, 1.82) is 0 Å². The van der Waals surface area contributed by atoms with E-state index in [2.05, 4.69) is 75.8 Å². The Hall–Kier alpha value is -3.02. The van der Waals surface area contributed by atoms with Crippen molar-refractivity contribution >= 4 is 23.2 Å². The molecule has 1 aliphatic heterocycles. The monoisotopic (exact) mass is 429 g/mol. The number of piperazine rings is 1. The lowest BCUT2D eigenvalue weighted by atomic mass is 9.96. The van der Waals surface area contributed by atoms with Gasteiger partial charge in [0.25, 0.3) is 5.91 Å². The first-order valence-electron chi connectivity index (χ1n) is 10.6. The number of rotatable bonds is 4. The zero-order valence-corrected chi connectivity index (χ0v) is 18.5. The summed E-state index contributed by atoms with van der Waals surface area (Å²) in [5.74, 6) is -0.142. The molecule has 4 nitrogen and oxygen atoms in total. The molecule has 0 radical (unpaired) electrons. The van der Waals surface area contributed by atoms with Crippen LogP contribution in [0.1, 0.15) is 33.1 Å². The fourth-order valence-electron chi connectivity index (χ4n) is 4.14. The van der Waals surface area contributed by atoms with Gasteiger partial charge in [-0.3, -0.25) is 15.0 Å².